The van der Waals surface area contributed by atoms with E-state index in [1.165, 1.54) is 13.0 Å². The van der Waals surface area contributed by atoms with Gasteiger partial charge in [0.25, 0.3) is 15.0 Å². The van der Waals surface area contributed by atoms with Gasteiger partial charge in [-0.25, -0.2) is 8.42 Å². The van der Waals surface area contributed by atoms with Crippen molar-refractivity contribution >= 4 is 41.6 Å². The normalized spacial score (nSPS) is 12.3. The molecule has 4 nitrogen and oxygen atoms in total. The van der Waals surface area contributed by atoms with Crippen molar-refractivity contribution < 1.29 is 26.4 Å². The van der Waals surface area contributed by atoms with Gasteiger partial charge in [0.15, 0.2) is 0 Å². The Morgan fingerprint density at radius 2 is 1.95 bits per heavy atom. The maximum Gasteiger partial charge on any atom is 0.390 e. The smallest absolute Gasteiger partial charge is 0.352 e. The van der Waals surface area contributed by atoms with Gasteiger partial charge < -0.3 is 5.32 Å². The third-order valence-corrected chi connectivity index (χ3v) is 4.79. The molecule has 0 saturated carbocycles. The molecule has 21 heavy (non-hydrogen) atoms. The molecule has 1 aromatic rings. The van der Waals surface area contributed by atoms with Gasteiger partial charge in [0.05, 0.1) is 11.3 Å². The average Bonchev–Trinajstić information content (AvgIpc) is 2.29. The summed E-state index contributed by atoms with van der Waals surface area (Å²) in [6.45, 7) is 0.876. The number of carbonyl (C=O) groups is 1. The lowest BCUT2D eigenvalue weighted by Gasteiger charge is -2.10. The van der Waals surface area contributed by atoms with Crippen LogP contribution in [0.25, 0.3) is 0 Å². The molecule has 118 valence electrons. The van der Waals surface area contributed by atoms with Gasteiger partial charge in [-0.2, -0.15) is 13.2 Å². The Bertz CT molecular complexity index is 661. The first kappa shape index (κ1) is 18.2. The van der Waals surface area contributed by atoms with E-state index in [0.29, 0.717) is 10.0 Å². The van der Waals surface area contributed by atoms with E-state index in [2.05, 4.69) is 21.2 Å². The van der Waals surface area contributed by atoms with Crippen LogP contribution >= 0.6 is 26.6 Å². The third kappa shape index (κ3) is 5.48. The first-order valence-electron chi connectivity index (χ1n) is 5.51. The molecular formula is C11H10BrClF3NO3S. The molecule has 1 aromatic carbocycles. The fourth-order valence-electron chi connectivity index (χ4n) is 1.46. The predicted molar refractivity (Wildman–Crippen MR) is 74.9 cm³/mol. The van der Waals surface area contributed by atoms with Crippen molar-refractivity contribution in [2.45, 2.75) is 24.4 Å². The van der Waals surface area contributed by atoms with Crippen molar-refractivity contribution in [2.24, 2.45) is 0 Å². The van der Waals surface area contributed by atoms with Crippen LogP contribution in [0.2, 0.25) is 0 Å². The Morgan fingerprint density at radius 3 is 2.43 bits per heavy atom. The van der Waals surface area contributed by atoms with E-state index in [0.717, 1.165) is 6.07 Å². The minimum absolute atomic E-state index is 0.103. The molecule has 0 unspecified atom stereocenters. The summed E-state index contributed by atoms with van der Waals surface area (Å²) in [7, 11) is 1.17. The molecule has 1 rings (SSSR count). The molecular weight excluding hydrogens is 399 g/mol. The van der Waals surface area contributed by atoms with Crippen LogP contribution in [-0.2, 0) is 9.05 Å². The Balaban J connectivity index is 2.99. The predicted octanol–water partition coefficient (Wildman–Crippen LogP) is 3.37. The van der Waals surface area contributed by atoms with Crippen molar-refractivity contribution in [1.82, 2.24) is 5.32 Å². The van der Waals surface area contributed by atoms with Crippen LogP contribution in [0.3, 0.4) is 0 Å². The molecule has 0 bridgehead atoms. The summed E-state index contributed by atoms with van der Waals surface area (Å²) >= 11 is 3.07. The molecule has 0 radical (unpaired) electrons. The van der Waals surface area contributed by atoms with Gasteiger partial charge in [-0.3, -0.25) is 4.79 Å². The maximum atomic E-state index is 12.0. The first-order valence-corrected chi connectivity index (χ1v) is 8.62. The maximum absolute atomic E-state index is 12.0. The standard InChI is InChI=1S/C11H10BrClF3NO3S/c1-6-8(12)4-7(5-9(6)21(13,19)20)10(18)17-3-2-11(14,15)16/h4-5H,2-3H2,1H3,(H,17,18). The van der Waals surface area contributed by atoms with E-state index in [-0.39, 0.29) is 10.5 Å². The number of rotatable bonds is 4. The van der Waals surface area contributed by atoms with E-state index in [9.17, 15) is 26.4 Å². The lowest BCUT2D eigenvalue weighted by Crippen LogP contribution is -2.28. The monoisotopic (exact) mass is 407 g/mol. The molecule has 0 aliphatic carbocycles. The number of alkyl halides is 3. The van der Waals surface area contributed by atoms with Gasteiger partial charge >= 0.3 is 6.18 Å². The molecule has 0 atom stereocenters. The molecule has 0 spiro atoms. The molecule has 0 aromatic heterocycles. The van der Waals surface area contributed by atoms with E-state index in [4.69, 9.17) is 10.7 Å². The summed E-state index contributed by atoms with van der Waals surface area (Å²) in [6, 6.07) is 2.33. The summed E-state index contributed by atoms with van der Waals surface area (Å²) in [5, 5.41) is 2.06. The Kier molecular flexibility index (Phi) is 5.68. The molecule has 0 saturated heterocycles. The van der Waals surface area contributed by atoms with Crippen molar-refractivity contribution in [2.75, 3.05) is 6.54 Å². The van der Waals surface area contributed by atoms with Gasteiger partial charge in [0, 0.05) is 27.3 Å². The summed E-state index contributed by atoms with van der Waals surface area (Å²) in [5.74, 6) is -0.818. The van der Waals surface area contributed by atoms with Gasteiger partial charge in [-0.05, 0) is 24.6 Å². The summed E-state index contributed by atoms with van der Waals surface area (Å²) < 4.78 is 59.1. The number of hydrogen-bond donors (Lipinski definition) is 1. The Labute approximate surface area is 132 Å². The Morgan fingerprint density at radius 1 is 1.38 bits per heavy atom. The number of benzene rings is 1. The highest BCUT2D eigenvalue weighted by Crippen LogP contribution is 2.28. The van der Waals surface area contributed by atoms with Gasteiger partial charge in [0.1, 0.15) is 0 Å². The number of hydrogen-bond acceptors (Lipinski definition) is 3. The van der Waals surface area contributed by atoms with Gasteiger partial charge in [-0.15, -0.1) is 0 Å². The summed E-state index contributed by atoms with van der Waals surface area (Å²) in [5.41, 5.74) is 0.200. The zero-order valence-corrected chi connectivity index (χ0v) is 13.8. The number of nitrogens with one attached hydrogen (secondary N) is 1. The molecule has 0 aliphatic rings. The number of carbonyl (C=O) groups excluding carboxylic acids is 1. The fourth-order valence-corrected chi connectivity index (χ4v) is 3.27. The van der Waals surface area contributed by atoms with E-state index < -0.39 is 34.1 Å². The Hall–Kier alpha value is -0.800. The van der Waals surface area contributed by atoms with Crippen LogP contribution in [0.15, 0.2) is 21.5 Å². The quantitative estimate of drug-likeness (QED) is 0.777. The van der Waals surface area contributed by atoms with Crippen molar-refractivity contribution in [3.8, 4) is 0 Å². The van der Waals surface area contributed by atoms with Crippen molar-refractivity contribution in [3.05, 3.63) is 27.7 Å². The highest BCUT2D eigenvalue weighted by molar-refractivity contribution is 9.10. The van der Waals surface area contributed by atoms with Crippen LogP contribution in [-0.4, -0.2) is 27.0 Å². The van der Waals surface area contributed by atoms with E-state index in [1.807, 2.05) is 0 Å². The minimum Gasteiger partial charge on any atom is -0.352 e. The molecule has 1 N–H and O–H groups in total. The number of halogens is 5. The minimum atomic E-state index is -4.38. The van der Waals surface area contributed by atoms with E-state index >= 15 is 0 Å². The largest absolute Gasteiger partial charge is 0.390 e. The topological polar surface area (TPSA) is 63.2 Å². The average molecular weight is 409 g/mol. The fraction of sp³-hybridized carbons (Fsp3) is 0.364. The van der Waals surface area contributed by atoms with Crippen molar-refractivity contribution in [3.63, 3.8) is 0 Å². The lowest BCUT2D eigenvalue weighted by atomic mass is 10.1. The highest BCUT2D eigenvalue weighted by Gasteiger charge is 2.27. The van der Waals surface area contributed by atoms with Crippen LogP contribution in [0.5, 0.6) is 0 Å². The van der Waals surface area contributed by atoms with E-state index in [1.54, 1.807) is 0 Å². The molecule has 1 amide bonds. The molecule has 0 fully saturated rings. The molecule has 10 heteroatoms. The highest BCUT2D eigenvalue weighted by atomic mass is 79.9. The van der Waals surface area contributed by atoms with Gasteiger partial charge in [0.2, 0.25) is 0 Å². The summed E-state index contributed by atoms with van der Waals surface area (Å²) in [4.78, 5) is 11.5. The third-order valence-electron chi connectivity index (χ3n) is 2.52. The van der Waals surface area contributed by atoms with Crippen molar-refractivity contribution in [1.29, 1.82) is 0 Å². The van der Waals surface area contributed by atoms with Crippen LogP contribution in [0.1, 0.15) is 22.3 Å². The molecule has 0 aliphatic heterocycles. The zero-order valence-electron chi connectivity index (χ0n) is 10.6. The first-order chi connectivity index (χ1) is 9.42. The van der Waals surface area contributed by atoms with Gasteiger partial charge in [-0.1, -0.05) is 15.9 Å². The second-order valence-electron chi connectivity index (χ2n) is 4.14. The van der Waals surface area contributed by atoms with Crippen LogP contribution < -0.4 is 5.32 Å². The molecule has 0 heterocycles. The lowest BCUT2D eigenvalue weighted by molar-refractivity contribution is -0.132. The zero-order chi connectivity index (χ0) is 16.4. The second kappa shape index (κ2) is 6.53. The SMILES string of the molecule is Cc1c(Br)cc(C(=O)NCCC(F)(F)F)cc1S(=O)(=O)Cl. The summed E-state index contributed by atoms with van der Waals surface area (Å²) in [6.07, 6.45) is -5.56. The second-order valence-corrected chi connectivity index (χ2v) is 7.53. The number of amides is 1. The van der Waals surface area contributed by atoms with Crippen LogP contribution in [0.4, 0.5) is 13.2 Å². The van der Waals surface area contributed by atoms with Crippen LogP contribution in [0, 0.1) is 6.92 Å².